The minimum absolute atomic E-state index is 0.0342. The van der Waals surface area contributed by atoms with Crippen LogP contribution in [0.4, 0.5) is 10.5 Å². The van der Waals surface area contributed by atoms with Gasteiger partial charge in [0.1, 0.15) is 11.9 Å². The summed E-state index contributed by atoms with van der Waals surface area (Å²) >= 11 is 3.86. The van der Waals surface area contributed by atoms with Gasteiger partial charge in [0, 0.05) is 25.3 Å². The molecule has 1 heterocycles. The van der Waals surface area contributed by atoms with Crippen LogP contribution in [0.2, 0.25) is 0 Å². The number of aromatic hydroxyl groups is 1. The Balaban J connectivity index is 1.71. The third kappa shape index (κ3) is 6.19. The van der Waals surface area contributed by atoms with Crippen molar-refractivity contribution in [1.82, 2.24) is 0 Å². The van der Waals surface area contributed by atoms with E-state index < -0.39 is 24.3 Å². The maximum absolute atomic E-state index is 12.6. The zero-order valence-corrected chi connectivity index (χ0v) is 17.7. The molecular weight excluding hydrogens is 426 g/mol. The van der Waals surface area contributed by atoms with Crippen LogP contribution < -0.4 is 14.8 Å². The van der Waals surface area contributed by atoms with Crippen LogP contribution in [0.5, 0.6) is 17.2 Å². The molecule has 1 amide bonds. The highest BCUT2D eigenvalue weighted by Gasteiger charge is 2.28. The quantitative estimate of drug-likeness (QED) is 0.395. The van der Waals surface area contributed by atoms with Crippen molar-refractivity contribution in [2.45, 2.75) is 18.6 Å². The number of esters is 1. The molecule has 2 N–H and O–H groups in total. The fourth-order valence-electron chi connectivity index (χ4n) is 2.99. The van der Waals surface area contributed by atoms with Crippen LogP contribution in [-0.2, 0) is 19.0 Å². The Morgan fingerprint density at radius 1 is 1.16 bits per heavy atom. The maximum atomic E-state index is 12.6. The molecule has 0 spiro atoms. The van der Waals surface area contributed by atoms with Crippen molar-refractivity contribution < 1.29 is 38.4 Å². The van der Waals surface area contributed by atoms with Crippen LogP contribution in [0.25, 0.3) is 0 Å². The molecule has 0 unspecified atom stereocenters. The highest BCUT2D eigenvalue weighted by Crippen LogP contribution is 2.34. The second-order valence-electron chi connectivity index (χ2n) is 6.55. The Morgan fingerprint density at radius 2 is 1.90 bits per heavy atom. The number of benzene rings is 2. The van der Waals surface area contributed by atoms with E-state index in [1.807, 2.05) is 0 Å². The molecule has 0 saturated heterocycles. The molecule has 31 heavy (non-hydrogen) atoms. The maximum Gasteiger partial charge on any atom is 0.412 e. The molecule has 9 nitrogen and oxygen atoms in total. The number of fused-ring (bicyclic) bond motifs is 1. The van der Waals surface area contributed by atoms with Gasteiger partial charge >= 0.3 is 12.1 Å². The monoisotopic (exact) mass is 449 g/mol. The Morgan fingerprint density at radius 3 is 2.61 bits per heavy atom. The predicted octanol–water partition coefficient (Wildman–Crippen LogP) is 3.29. The van der Waals surface area contributed by atoms with Gasteiger partial charge in [0.05, 0.1) is 12.4 Å². The fourth-order valence-corrected chi connectivity index (χ4v) is 3.08. The van der Waals surface area contributed by atoms with Gasteiger partial charge < -0.3 is 28.8 Å². The van der Waals surface area contributed by atoms with Gasteiger partial charge in [-0.25, -0.2) is 4.79 Å². The molecule has 0 aliphatic carbocycles. The van der Waals surface area contributed by atoms with E-state index in [0.717, 1.165) is 0 Å². The molecule has 1 aliphatic heterocycles. The van der Waals surface area contributed by atoms with Crippen molar-refractivity contribution in [3.63, 3.8) is 0 Å². The summed E-state index contributed by atoms with van der Waals surface area (Å²) in [6.45, 7) is 0.194. The normalized spacial score (nSPS) is 13.9. The number of ether oxygens (including phenoxy) is 5. The second-order valence-corrected chi connectivity index (χ2v) is 6.87. The molecule has 2 atom stereocenters. The summed E-state index contributed by atoms with van der Waals surface area (Å²) in [5.41, 5.74) is 1.07. The minimum Gasteiger partial charge on any atom is -0.508 e. The first-order valence-electron chi connectivity index (χ1n) is 9.45. The van der Waals surface area contributed by atoms with Gasteiger partial charge in [0.25, 0.3) is 0 Å². The van der Waals surface area contributed by atoms with E-state index in [4.69, 9.17) is 23.7 Å². The van der Waals surface area contributed by atoms with Gasteiger partial charge in [0.15, 0.2) is 17.6 Å². The number of hydrogen-bond acceptors (Lipinski definition) is 9. The van der Waals surface area contributed by atoms with E-state index >= 15 is 0 Å². The van der Waals surface area contributed by atoms with Crippen LogP contribution in [0, 0.1) is 0 Å². The Bertz CT molecular complexity index is 905. The van der Waals surface area contributed by atoms with Gasteiger partial charge in [-0.05, 0) is 29.8 Å². The number of carbonyl (C=O) groups excluding carboxylic acids is 2. The summed E-state index contributed by atoms with van der Waals surface area (Å²) in [5, 5.41) is 12.2. The molecule has 0 aromatic heterocycles. The second kappa shape index (κ2) is 10.8. The van der Waals surface area contributed by atoms with Crippen LogP contribution in [0.3, 0.4) is 0 Å². The van der Waals surface area contributed by atoms with E-state index in [-0.39, 0.29) is 31.3 Å². The number of phenols is 1. The Kier molecular flexibility index (Phi) is 7.85. The van der Waals surface area contributed by atoms with Gasteiger partial charge in [-0.2, -0.15) is 12.6 Å². The summed E-state index contributed by atoms with van der Waals surface area (Å²) in [5.74, 6) is 0.697. The van der Waals surface area contributed by atoms with E-state index in [2.05, 4.69) is 17.9 Å². The zero-order valence-electron chi connectivity index (χ0n) is 16.8. The third-order valence-electron chi connectivity index (χ3n) is 4.51. The molecule has 166 valence electrons. The third-order valence-corrected chi connectivity index (χ3v) is 4.77. The largest absolute Gasteiger partial charge is 0.508 e. The minimum atomic E-state index is -0.825. The van der Waals surface area contributed by atoms with Crippen molar-refractivity contribution in [3.8, 4) is 17.2 Å². The first-order valence-corrected chi connectivity index (χ1v) is 10.1. The molecule has 0 radical (unpaired) electrons. The van der Waals surface area contributed by atoms with Crippen LogP contribution in [0.15, 0.2) is 42.5 Å². The number of carbonyl (C=O) groups is 2. The standard InChI is InChI=1S/C21H23NO8S/c1-26-17(8-9-27-19(24)11-31)20(13-2-5-15(23)6-3-13)30-21(25)22-14-4-7-16-18(10-14)29-12-28-16/h2-7,10,17,20,23,31H,8-9,11-12H2,1H3,(H,22,25)/t17-,20-/m1/s1. The van der Waals surface area contributed by atoms with Crippen LogP contribution >= 0.6 is 12.6 Å². The number of nitrogens with one attached hydrogen (secondary N) is 1. The number of amides is 1. The SMILES string of the molecule is CO[C@H](CCOC(=O)CS)[C@H](OC(=O)Nc1ccc2c(c1)OCO2)c1ccc(O)cc1. The smallest absolute Gasteiger partial charge is 0.412 e. The number of hydrogen-bond donors (Lipinski definition) is 3. The Hall–Kier alpha value is -3.11. The molecule has 2 aromatic rings. The van der Waals surface area contributed by atoms with Crippen molar-refractivity contribution in [3.05, 3.63) is 48.0 Å². The van der Waals surface area contributed by atoms with Crippen LogP contribution in [-0.4, -0.2) is 49.5 Å². The number of rotatable bonds is 9. The molecule has 1 aliphatic rings. The van der Waals surface area contributed by atoms with Gasteiger partial charge in [-0.15, -0.1) is 0 Å². The fraction of sp³-hybridized carbons (Fsp3) is 0.333. The molecule has 2 aromatic carbocycles. The lowest BCUT2D eigenvalue weighted by Gasteiger charge is -2.26. The first-order chi connectivity index (χ1) is 15.0. The van der Waals surface area contributed by atoms with E-state index in [1.54, 1.807) is 30.3 Å². The summed E-state index contributed by atoms with van der Waals surface area (Å²) in [4.78, 5) is 23.9. The lowest BCUT2D eigenvalue weighted by atomic mass is 10.0. The van der Waals surface area contributed by atoms with Crippen molar-refractivity contribution in [1.29, 1.82) is 0 Å². The van der Waals surface area contributed by atoms with Gasteiger partial charge in [0.2, 0.25) is 6.79 Å². The summed E-state index contributed by atoms with van der Waals surface area (Å²) < 4.78 is 26.8. The van der Waals surface area contributed by atoms with Crippen molar-refractivity contribution >= 4 is 30.4 Å². The first kappa shape index (κ1) is 22.6. The lowest BCUT2D eigenvalue weighted by Crippen LogP contribution is -2.29. The van der Waals surface area contributed by atoms with E-state index in [9.17, 15) is 14.7 Å². The number of anilines is 1. The lowest BCUT2D eigenvalue weighted by molar-refractivity contribution is -0.141. The highest BCUT2D eigenvalue weighted by molar-refractivity contribution is 7.81. The van der Waals surface area contributed by atoms with Crippen molar-refractivity contribution in [2.24, 2.45) is 0 Å². The number of thiol groups is 1. The van der Waals surface area contributed by atoms with Crippen LogP contribution in [0.1, 0.15) is 18.1 Å². The average molecular weight is 449 g/mol. The molecular formula is C21H23NO8S. The van der Waals surface area contributed by atoms with Gasteiger partial charge in [-0.3, -0.25) is 10.1 Å². The topological polar surface area (TPSA) is 113 Å². The number of phenolic OH excluding ortho intramolecular Hbond substituents is 1. The Labute approximate surface area is 184 Å². The molecule has 10 heteroatoms. The van der Waals surface area contributed by atoms with Crippen molar-refractivity contribution in [2.75, 3.05) is 31.6 Å². The zero-order chi connectivity index (χ0) is 22.2. The summed E-state index contributed by atoms with van der Waals surface area (Å²) in [7, 11) is 1.47. The number of methoxy groups -OCH3 is 1. The summed E-state index contributed by atoms with van der Waals surface area (Å²) in [6.07, 6.45) is -1.88. The average Bonchev–Trinajstić information content (AvgIpc) is 3.24. The summed E-state index contributed by atoms with van der Waals surface area (Å²) in [6, 6.07) is 11.2. The van der Waals surface area contributed by atoms with E-state index in [1.165, 1.54) is 19.2 Å². The highest BCUT2D eigenvalue weighted by atomic mass is 32.1. The molecule has 0 saturated carbocycles. The molecule has 3 rings (SSSR count). The predicted molar refractivity (Wildman–Crippen MR) is 114 cm³/mol. The van der Waals surface area contributed by atoms with Gasteiger partial charge in [-0.1, -0.05) is 12.1 Å². The molecule has 0 bridgehead atoms. The van der Waals surface area contributed by atoms with E-state index in [0.29, 0.717) is 22.7 Å². The molecule has 0 fully saturated rings.